The van der Waals surface area contributed by atoms with Gasteiger partial charge in [-0.05, 0) is 72.9 Å². The van der Waals surface area contributed by atoms with Crippen molar-refractivity contribution >= 4 is 23.8 Å². The highest BCUT2D eigenvalue weighted by atomic mass is 16.6. The number of benzene rings is 1. The highest BCUT2D eigenvalue weighted by Crippen LogP contribution is 2.22. The van der Waals surface area contributed by atoms with E-state index in [1.54, 1.807) is 58.9 Å². The number of amides is 1. The zero-order chi connectivity index (χ0) is 27.2. The van der Waals surface area contributed by atoms with Gasteiger partial charge in [-0.1, -0.05) is 30.5 Å². The van der Waals surface area contributed by atoms with Crippen molar-refractivity contribution in [2.75, 3.05) is 26.4 Å². The van der Waals surface area contributed by atoms with Gasteiger partial charge in [-0.25, -0.2) is 14.4 Å². The molecule has 1 N–H and O–H groups in total. The molecule has 1 rings (SSSR count). The zero-order valence-corrected chi connectivity index (χ0v) is 22.4. The molecule has 0 aliphatic heterocycles. The van der Waals surface area contributed by atoms with E-state index in [0.717, 1.165) is 12.0 Å². The van der Waals surface area contributed by atoms with Crippen molar-refractivity contribution in [2.45, 2.75) is 84.8 Å². The summed E-state index contributed by atoms with van der Waals surface area (Å²) in [5.74, 6) is -2.67. The van der Waals surface area contributed by atoms with Crippen LogP contribution in [-0.2, 0) is 33.3 Å². The summed E-state index contributed by atoms with van der Waals surface area (Å²) < 4.78 is 21.0. The van der Waals surface area contributed by atoms with Gasteiger partial charge in [0.1, 0.15) is 0 Å². The molecular weight excluding hydrogens is 466 g/mol. The highest BCUT2D eigenvalue weighted by molar-refractivity contribution is 6.10. The molecule has 0 saturated heterocycles. The molecule has 0 fully saturated rings. The summed E-state index contributed by atoms with van der Waals surface area (Å²) in [7, 11) is 0. The fourth-order valence-corrected chi connectivity index (χ4v) is 3.47. The fourth-order valence-electron chi connectivity index (χ4n) is 3.47. The molecule has 0 spiro atoms. The summed E-state index contributed by atoms with van der Waals surface area (Å²) in [5.41, 5.74) is -1.68. The van der Waals surface area contributed by atoms with Crippen molar-refractivity contribution in [1.82, 2.24) is 5.32 Å². The van der Waals surface area contributed by atoms with Crippen LogP contribution in [0.1, 0.15) is 82.6 Å². The van der Waals surface area contributed by atoms with Gasteiger partial charge in [0, 0.05) is 12.2 Å². The van der Waals surface area contributed by atoms with Gasteiger partial charge in [0.2, 0.25) is 5.54 Å². The Labute approximate surface area is 214 Å². The Morgan fingerprint density at radius 2 is 1.25 bits per heavy atom. The predicted octanol–water partition coefficient (Wildman–Crippen LogP) is 3.90. The second kappa shape index (κ2) is 15.2. The fraction of sp³-hybridized carbons (Fsp3) is 0.630. The van der Waals surface area contributed by atoms with E-state index in [4.69, 9.17) is 18.9 Å². The van der Waals surface area contributed by atoms with Crippen molar-refractivity contribution in [1.29, 1.82) is 0 Å². The standard InChI is InChI=1S/C27H41NO8/c1-7-33-23(30)26(5,6)36-19-13-11-10-12-18-27(24(31)34-8-2,25(32)35-9-3)28-22(29)21-16-14-20(4)15-17-21/h14-17H,7-13,18-19H2,1-6H3,(H,28,29). The lowest BCUT2D eigenvalue weighted by Gasteiger charge is -2.30. The maximum absolute atomic E-state index is 13.0. The smallest absolute Gasteiger partial charge is 0.343 e. The first-order valence-electron chi connectivity index (χ1n) is 12.6. The molecule has 9 heteroatoms. The third-order valence-corrected chi connectivity index (χ3v) is 5.56. The molecule has 0 aromatic heterocycles. The average Bonchev–Trinajstić information content (AvgIpc) is 2.83. The minimum absolute atomic E-state index is 0.0252. The van der Waals surface area contributed by atoms with Crippen molar-refractivity contribution in [3.63, 3.8) is 0 Å². The molecule has 0 aliphatic rings. The first-order valence-corrected chi connectivity index (χ1v) is 12.6. The molecule has 0 bridgehead atoms. The van der Waals surface area contributed by atoms with Gasteiger partial charge in [0.15, 0.2) is 5.60 Å². The van der Waals surface area contributed by atoms with Gasteiger partial charge in [0.05, 0.1) is 19.8 Å². The van der Waals surface area contributed by atoms with Crippen LogP contribution in [-0.4, -0.2) is 61.4 Å². The number of rotatable bonds is 16. The number of ether oxygens (including phenoxy) is 4. The van der Waals surface area contributed by atoms with Crippen LogP contribution in [0.15, 0.2) is 24.3 Å². The molecule has 1 amide bonds. The molecule has 36 heavy (non-hydrogen) atoms. The monoisotopic (exact) mass is 507 g/mol. The van der Waals surface area contributed by atoms with Crippen LogP contribution < -0.4 is 5.32 Å². The van der Waals surface area contributed by atoms with Crippen LogP contribution in [0.25, 0.3) is 0 Å². The van der Waals surface area contributed by atoms with Crippen LogP contribution in [0.2, 0.25) is 0 Å². The first kappa shape index (κ1) is 31.1. The average molecular weight is 508 g/mol. The maximum Gasteiger partial charge on any atom is 0.343 e. The third-order valence-electron chi connectivity index (χ3n) is 5.56. The molecule has 0 radical (unpaired) electrons. The molecule has 0 unspecified atom stereocenters. The Balaban J connectivity index is 2.85. The largest absolute Gasteiger partial charge is 0.464 e. The van der Waals surface area contributed by atoms with E-state index >= 15 is 0 Å². The topological polar surface area (TPSA) is 117 Å². The number of carbonyl (C=O) groups excluding carboxylic acids is 4. The Morgan fingerprint density at radius 3 is 1.78 bits per heavy atom. The Hall–Kier alpha value is -2.94. The number of hydrogen-bond acceptors (Lipinski definition) is 8. The maximum atomic E-state index is 13.0. The second-order valence-electron chi connectivity index (χ2n) is 8.91. The lowest BCUT2D eigenvalue weighted by Crippen LogP contribution is -2.61. The molecule has 1 aromatic rings. The van der Waals surface area contributed by atoms with Gasteiger partial charge in [-0.15, -0.1) is 0 Å². The quantitative estimate of drug-likeness (QED) is 0.155. The Kier molecular flexibility index (Phi) is 13.2. The number of esters is 3. The van der Waals surface area contributed by atoms with E-state index in [1.807, 2.05) is 6.92 Å². The van der Waals surface area contributed by atoms with Crippen molar-refractivity contribution in [3.05, 3.63) is 35.4 Å². The molecule has 0 aliphatic carbocycles. The van der Waals surface area contributed by atoms with Crippen LogP contribution >= 0.6 is 0 Å². The van der Waals surface area contributed by atoms with Crippen LogP contribution in [0, 0.1) is 6.92 Å². The first-order chi connectivity index (χ1) is 17.0. The Bertz CT molecular complexity index is 845. The summed E-state index contributed by atoms with van der Waals surface area (Å²) >= 11 is 0. The number of unbranched alkanes of at least 4 members (excludes halogenated alkanes) is 3. The second-order valence-corrected chi connectivity index (χ2v) is 8.91. The van der Waals surface area contributed by atoms with E-state index in [-0.39, 0.29) is 26.2 Å². The van der Waals surface area contributed by atoms with E-state index in [1.165, 1.54) is 0 Å². The molecule has 9 nitrogen and oxygen atoms in total. The van der Waals surface area contributed by atoms with Gasteiger partial charge in [-0.3, -0.25) is 4.79 Å². The van der Waals surface area contributed by atoms with Crippen molar-refractivity contribution in [3.8, 4) is 0 Å². The van der Waals surface area contributed by atoms with Crippen LogP contribution in [0.5, 0.6) is 0 Å². The van der Waals surface area contributed by atoms with Crippen molar-refractivity contribution < 1.29 is 38.1 Å². The number of aryl methyl sites for hydroxylation is 1. The minimum atomic E-state index is -1.95. The van der Waals surface area contributed by atoms with Gasteiger partial charge >= 0.3 is 17.9 Å². The summed E-state index contributed by atoms with van der Waals surface area (Å²) in [6, 6.07) is 6.81. The third kappa shape index (κ3) is 9.26. The van der Waals surface area contributed by atoms with Crippen LogP contribution in [0.4, 0.5) is 0 Å². The normalized spacial score (nSPS) is 11.5. The Morgan fingerprint density at radius 1 is 0.750 bits per heavy atom. The van der Waals surface area contributed by atoms with Gasteiger partial charge in [-0.2, -0.15) is 0 Å². The molecule has 0 atom stereocenters. The zero-order valence-electron chi connectivity index (χ0n) is 22.4. The molecular formula is C27H41NO8. The predicted molar refractivity (Wildman–Crippen MR) is 134 cm³/mol. The molecule has 1 aromatic carbocycles. The number of hydrogen-bond donors (Lipinski definition) is 1. The summed E-state index contributed by atoms with van der Waals surface area (Å²) in [5, 5.41) is 2.62. The van der Waals surface area contributed by atoms with Crippen LogP contribution in [0.3, 0.4) is 0 Å². The van der Waals surface area contributed by atoms with E-state index < -0.39 is 35.0 Å². The molecule has 0 heterocycles. The van der Waals surface area contributed by atoms with Crippen molar-refractivity contribution in [2.24, 2.45) is 0 Å². The minimum Gasteiger partial charge on any atom is -0.464 e. The summed E-state index contributed by atoms with van der Waals surface area (Å²) in [6.07, 6.45) is 2.53. The number of carbonyl (C=O) groups is 4. The van der Waals surface area contributed by atoms with E-state index in [2.05, 4.69) is 5.32 Å². The summed E-state index contributed by atoms with van der Waals surface area (Å²) in [4.78, 5) is 50.9. The SMILES string of the molecule is CCOC(=O)C(C)(C)OCCCCCCC(NC(=O)c1ccc(C)cc1)(C(=O)OCC)C(=O)OCC. The number of nitrogens with one attached hydrogen (secondary N) is 1. The lowest BCUT2D eigenvalue weighted by atomic mass is 9.91. The lowest BCUT2D eigenvalue weighted by molar-refractivity contribution is -0.168. The van der Waals surface area contributed by atoms with E-state index in [9.17, 15) is 19.2 Å². The highest BCUT2D eigenvalue weighted by Gasteiger charge is 2.50. The summed E-state index contributed by atoms with van der Waals surface area (Å²) in [6.45, 7) is 11.0. The molecule has 202 valence electrons. The molecule has 0 saturated carbocycles. The van der Waals surface area contributed by atoms with Gasteiger partial charge < -0.3 is 24.3 Å². The van der Waals surface area contributed by atoms with Gasteiger partial charge in [0.25, 0.3) is 5.91 Å². The van der Waals surface area contributed by atoms with E-state index in [0.29, 0.717) is 31.4 Å².